The molecule has 2 aromatic rings. The van der Waals surface area contributed by atoms with Crippen molar-refractivity contribution in [2.75, 3.05) is 0 Å². The summed E-state index contributed by atoms with van der Waals surface area (Å²) in [6.45, 7) is -0.114. The van der Waals surface area contributed by atoms with E-state index in [1.54, 1.807) is 12.1 Å². The summed E-state index contributed by atoms with van der Waals surface area (Å²) in [7, 11) is 0. The molecule has 96 valence electrons. The molecule has 2 aromatic carbocycles. The van der Waals surface area contributed by atoms with Crippen molar-refractivity contribution in [2.24, 2.45) is 0 Å². The van der Waals surface area contributed by atoms with Crippen LogP contribution < -0.4 is 4.74 Å². The van der Waals surface area contributed by atoms with Crippen LogP contribution in [0.4, 0.5) is 8.78 Å². The number of ether oxygens (including phenoxy) is 1. The van der Waals surface area contributed by atoms with Crippen molar-refractivity contribution in [3.05, 3.63) is 64.2 Å². The fourth-order valence-electron chi connectivity index (χ4n) is 1.50. The smallest absolute Gasteiger partial charge is 0.144 e. The Labute approximate surface area is 113 Å². The van der Waals surface area contributed by atoms with Gasteiger partial charge in [0.2, 0.25) is 0 Å². The molecule has 0 aromatic heterocycles. The average Bonchev–Trinajstić information content (AvgIpc) is 2.38. The fourth-order valence-corrected chi connectivity index (χ4v) is 1.72. The van der Waals surface area contributed by atoms with Gasteiger partial charge in [0.15, 0.2) is 0 Å². The summed E-state index contributed by atoms with van der Waals surface area (Å²) >= 11 is 5.84. The van der Waals surface area contributed by atoms with Gasteiger partial charge in [-0.3, -0.25) is 0 Å². The third-order valence-corrected chi connectivity index (χ3v) is 2.86. The van der Waals surface area contributed by atoms with Crippen LogP contribution in [0.5, 0.6) is 5.75 Å². The Kier molecular flexibility index (Phi) is 3.98. The maximum absolute atomic E-state index is 13.5. The molecule has 5 heteroatoms. The molecular weight excluding hydrogens is 272 g/mol. The van der Waals surface area contributed by atoms with Gasteiger partial charge in [-0.25, -0.2) is 8.78 Å². The van der Waals surface area contributed by atoms with E-state index in [1.807, 2.05) is 0 Å². The third kappa shape index (κ3) is 3.01. The Morgan fingerprint density at radius 2 is 1.95 bits per heavy atom. The van der Waals surface area contributed by atoms with Crippen molar-refractivity contribution in [1.29, 1.82) is 5.26 Å². The van der Waals surface area contributed by atoms with E-state index in [4.69, 9.17) is 21.6 Å². The quantitative estimate of drug-likeness (QED) is 0.848. The lowest BCUT2D eigenvalue weighted by Crippen LogP contribution is -2.00. The van der Waals surface area contributed by atoms with Gasteiger partial charge in [-0.05, 0) is 24.3 Å². The molecule has 2 rings (SSSR count). The highest BCUT2D eigenvalue weighted by atomic mass is 35.5. The van der Waals surface area contributed by atoms with Gasteiger partial charge in [-0.15, -0.1) is 0 Å². The van der Waals surface area contributed by atoms with Gasteiger partial charge in [0.25, 0.3) is 0 Å². The van der Waals surface area contributed by atoms with Crippen LogP contribution in [0.2, 0.25) is 5.02 Å². The normalized spacial score (nSPS) is 10.0. The van der Waals surface area contributed by atoms with Crippen LogP contribution in [-0.4, -0.2) is 0 Å². The van der Waals surface area contributed by atoms with Crippen LogP contribution in [0.15, 0.2) is 36.4 Å². The van der Waals surface area contributed by atoms with Crippen LogP contribution >= 0.6 is 11.6 Å². The maximum Gasteiger partial charge on any atom is 0.144 e. The predicted octanol–water partition coefficient (Wildman–Crippen LogP) is 4.07. The highest BCUT2D eigenvalue weighted by Crippen LogP contribution is 2.22. The number of hydrogen-bond acceptors (Lipinski definition) is 2. The second-order valence-corrected chi connectivity index (χ2v) is 4.15. The lowest BCUT2D eigenvalue weighted by atomic mass is 10.2. The van der Waals surface area contributed by atoms with E-state index in [0.29, 0.717) is 0 Å². The van der Waals surface area contributed by atoms with E-state index < -0.39 is 11.6 Å². The number of benzene rings is 2. The summed E-state index contributed by atoms with van der Waals surface area (Å²) in [4.78, 5) is 0. The first-order chi connectivity index (χ1) is 9.11. The Morgan fingerprint density at radius 1 is 1.16 bits per heavy atom. The Morgan fingerprint density at radius 3 is 2.58 bits per heavy atom. The average molecular weight is 280 g/mol. The summed E-state index contributed by atoms with van der Waals surface area (Å²) in [6.07, 6.45) is 0. The first-order valence-corrected chi connectivity index (χ1v) is 5.75. The van der Waals surface area contributed by atoms with Crippen LogP contribution in [0.25, 0.3) is 0 Å². The zero-order valence-corrected chi connectivity index (χ0v) is 10.4. The van der Waals surface area contributed by atoms with Crippen LogP contribution in [-0.2, 0) is 6.61 Å². The zero-order chi connectivity index (χ0) is 13.8. The monoisotopic (exact) mass is 279 g/mol. The van der Waals surface area contributed by atoms with Crippen molar-refractivity contribution in [2.45, 2.75) is 6.61 Å². The van der Waals surface area contributed by atoms with Gasteiger partial charge in [-0.1, -0.05) is 17.7 Å². The molecule has 19 heavy (non-hydrogen) atoms. The summed E-state index contributed by atoms with van der Waals surface area (Å²) in [5.74, 6) is -0.961. The fraction of sp³-hybridized carbons (Fsp3) is 0.0714. The minimum Gasteiger partial charge on any atom is -0.489 e. The van der Waals surface area contributed by atoms with E-state index in [9.17, 15) is 8.78 Å². The molecule has 0 spiro atoms. The van der Waals surface area contributed by atoms with Gasteiger partial charge < -0.3 is 4.74 Å². The third-order valence-electron chi connectivity index (χ3n) is 2.51. The van der Waals surface area contributed by atoms with Crippen LogP contribution in [0.3, 0.4) is 0 Å². The van der Waals surface area contributed by atoms with E-state index in [1.165, 1.54) is 24.3 Å². The molecule has 0 aliphatic carbocycles. The molecule has 0 bridgehead atoms. The minimum atomic E-state index is -0.681. The number of halogens is 3. The number of nitriles is 1. The van der Waals surface area contributed by atoms with Gasteiger partial charge in [0, 0.05) is 11.6 Å². The topological polar surface area (TPSA) is 33.0 Å². The van der Waals surface area contributed by atoms with E-state index >= 15 is 0 Å². The summed E-state index contributed by atoms with van der Waals surface area (Å²) < 4.78 is 32.1. The Bertz CT molecular complexity index is 632. The number of rotatable bonds is 3. The summed E-state index contributed by atoms with van der Waals surface area (Å²) in [5, 5.41) is 8.84. The molecule has 0 radical (unpaired) electrons. The van der Waals surface area contributed by atoms with Crippen molar-refractivity contribution < 1.29 is 13.5 Å². The molecule has 2 nitrogen and oxygen atoms in total. The second-order valence-electron chi connectivity index (χ2n) is 3.74. The maximum atomic E-state index is 13.5. The molecule has 0 aliphatic heterocycles. The summed E-state index contributed by atoms with van der Waals surface area (Å²) in [5.41, 5.74) is 0.130. The van der Waals surface area contributed by atoms with Crippen molar-refractivity contribution in [3.63, 3.8) is 0 Å². The zero-order valence-electron chi connectivity index (χ0n) is 9.66. The molecule has 0 atom stereocenters. The van der Waals surface area contributed by atoms with Gasteiger partial charge in [0.05, 0.1) is 10.6 Å². The molecule has 0 N–H and O–H groups in total. The molecular formula is C14H8ClF2NO. The SMILES string of the molecule is N#Cc1ccc(OCc2c(F)cccc2Cl)cc1F. The first-order valence-electron chi connectivity index (χ1n) is 5.37. The van der Waals surface area contributed by atoms with Crippen LogP contribution in [0.1, 0.15) is 11.1 Å². The molecule has 0 amide bonds. The first kappa shape index (κ1) is 13.3. The second kappa shape index (κ2) is 5.68. The predicted molar refractivity (Wildman–Crippen MR) is 66.9 cm³/mol. The minimum absolute atomic E-state index is 0.0729. The Balaban J connectivity index is 2.15. The standard InChI is InChI=1S/C14H8ClF2NO/c15-12-2-1-3-13(16)11(12)8-19-10-5-4-9(7-18)14(17)6-10/h1-6H,8H2. The highest BCUT2D eigenvalue weighted by molar-refractivity contribution is 6.31. The molecule has 0 aliphatic rings. The van der Waals surface area contributed by atoms with Crippen molar-refractivity contribution >= 4 is 11.6 Å². The molecule has 0 unspecified atom stereocenters. The molecule has 0 saturated carbocycles. The molecule has 0 saturated heterocycles. The Hall–Kier alpha value is -2.12. The molecule has 0 fully saturated rings. The van der Waals surface area contributed by atoms with Crippen molar-refractivity contribution in [3.8, 4) is 11.8 Å². The molecule has 0 heterocycles. The van der Waals surface area contributed by atoms with E-state index in [-0.39, 0.29) is 28.5 Å². The summed E-state index contributed by atoms with van der Waals surface area (Å²) in [6, 6.07) is 9.82. The van der Waals surface area contributed by atoms with Gasteiger partial charge in [0.1, 0.15) is 30.1 Å². The number of hydrogen-bond donors (Lipinski definition) is 0. The lowest BCUT2D eigenvalue weighted by Gasteiger charge is -2.09. The number of nitrogens with zero attached hydrogens (tertiary/aromatic N) is 1. The lowest BCUT2D eigenvalue weighted by molar-refractivity contribution is 0.298. The van der Waals surface area contributed by atoms with Gasteiger partial charge in [-0.2, -0.15) is 5.26 Å². The largest absolute Gasteiger partial charge is 0.489 e. The highest BCUT2D eigenvalue weighted by Gasteiger charge is 2.09. The van der Waals surface area contributed by atoms with Crippen molar-refractivity contribution in [1.82, 2.24) is 0 Å². The van der Waals surface area contributed by atoms with Gasteiger partial charge >= 0.3 is 0 Å². The van der Waals surface area contributed by atoms with Crippen LogP contribution in [0, 0.1) is 23.0 Å². The van der Waals surface area contributed by atoms with E-state index in [0.717, 1.165) is 6.07 Å². The van der Waals surface area contributed by atoms with E-state index in [2.05, 4.69) is 0 Å².